The van der Waals surface area contributed by atoms with E-state index in [9.17, 15) is 4.79 Å². The molecule has 0 aliphatic heterocycles. The van der Waals surface area contributed by atoms with Crippen LogP contribution in [0.25, 0.3) is 0 Å². The Hall–Kier alpha value is -1.89. The van der Waals surface area contributed by atoms with E-state index in [1.165, 1.54) is 0 Å². The van der Waals surface area contributed by atoms with Gasteiger partial charge in [0, 0.05) is 19.0 Å². The molecule has 0 radical (unpaired) electrons. The van der Waals surface area contributed by atoms with Crippen LogP contribution in [-0.2, 0) is 9.53 Å². The van der Waals surface area contributed by atoms with Crippen molar-refractivity contribution >= 4 is 17.6 Å². The van der Waals surface area contributed by atoms with E-state index in [2.05, 4.69) is 20.7 Å². The van der Waals surface area contributed by atoms with Gasteiger partial charge in [-0.15, -0.1) is 0 Å². The van der Waals surface area contributed by atoms with Gasteiger partial charge >= 0.3 is 5.97 Å². The molecule has 0 bridgehead atoms. The second-order valence-corrected chi connectivity index (χ2v) is 3.67. The first kappa shape index (κ1) is 14.2. The molecule has 1 heterocycles. The zero-order valence-electron chi connectivity index (χ0n) is 10.7. The van der Waals surface area contributed by atoms with Crippen LogP contribution in [0.15, 0.2) is 6.07 Å². The topological polar surface area (TPSA) is 102 Å². The summed E-state index contributed by atoms with van der Waals surface area (Å²) < 4.78 is 4.83. The van der Waals surface area contributed by atoms with Crippen LogP contribution in [-0.4, -0.2) is 29.1 Å². The second kappa shape index (κ2) is 7.44. The van der Waals surface area contributed by atoms with Gasteiger partial charge in [-0.05, 0) is 20.3 Å². The Labute approximate surface area is 106 Å². The van der Waals surface area contributed by atoms with Crippen molar-refractivity contribution in [2.24, 2.45) is 5.84 Å². The normalized spacial score (nSPS) is 9.94. The predicted octanol–water partition coefficient (Wildman–Crippen LogP) is 0.826. The smallest absolute Gasteiger partial charge is 0.305 e. The van der Waals surface area contributed by atoms with E-state index < -0.39 is 0 Å². The lowest BCUT2D eigenvalue weighted by Crippen LogP contribution is -2.12. The summed E-state index contributed by atoms with van der Waals surface area (Å²) in [7, 11) is 0. The molecule has 4 N–H and O–H groups in total. The Balaban J connectivity index is 2.35. The standard InChI is InChI=1S/C11H19N5O2/c1-3-18-11(17)5-4-6-13-9-7-10(16-12)15-8(2)14-9/h7H,3-6,12H2,1-2H3,(H2,13,14,15,16). The van der Waals surface area contributed by atoms with Crippen LogP contribution in [0.2, 0.25) is 0 Å². The molecule has 7 nitrogen and oxygen atoms in total. The summed E-state index contributed by atoms with van der Waals surface area (Å²) >= 11 is 0. The molecule has 1 aromatic rings. The monoisotopic (exact) mass is 253 g/mol. The molecule has 0 amide bonds. The third-order valence-electron chi connectivity index (χ3n) is 2.15. The maximum absolute atomic E-state index is 11.1. The van der Waals surface area contributed by atoms with E-state index in [4.69, 9.17) is 10.6 Å². The molecule has 0 aliphatic carbocycles. The average Bonchev–Trinajstić information content (AvgIpc) is 2.34. The molecule has 0 saturated heterocycles. The van der Waals surface area contributed by atoms with E-state index in [0.717, 1.165) is 0 Å². The van der Waals surface area contributed by atoms with Gasteiger partial charge in [-0.2, -0.15) is 0 Å². The first-order valence-corrected chi connectivity index (χ1v) is 5.87. The number of esters is 1. The summed E-state index contributed by atoms with van der Waals surface area (Å²) in [6, 6.07) is 1.71. The zero-order valence-corrected chi connectivity index (χ0v) is 10.7. The van der Waals surface area contributed by atoms with Crippen molar-refractivity contribution in [1.29, 1.82) is 0 Å². The van der Waals surface area contributed by atoms with Crippen LogP contribution < -0.4 is 16.6 Å². The number of hydrazine groups is 1. The van der Waals surface area contributed by atoms with Crippen molar-refractivity contribution < 1.29 is 9.53 Å². The number of aryl methyl sites for hydroxylation is 1. The fraction of sp³-hybridized carbons (Fsp3) is 0.545. The molecule has 0 unspecified atom stereocenters. The fourth-order valence-corrected chi connectivity index (χ4v) is 1.41. The number of nitrogens with two attached hydrogens (primary N) is 1. The molecule has 0 saturated carbocycles. The zero-order chi connectivity index (χ0) is 13.4. The van der Waals surface area contributed by atoms with Crippen LogP contribution in [0.5, 0.6) is 0 Å². The maximum atomic E-state index is 11.1. The van der Waals surface area contributed by atoms with Crippen LogP contribution in [0, 0.1) is 6.92 Å². The highest BCUT2D eigenvalue weighted by molar-refractivity contribution is 5.69. The quantitative estimate of drug-likeness (QED) is 0.286. The van der Waals surface area contributed by atoms with E-state index in [0.29, 0.717) is 43.5 Å². The molecule has 100 valence electrons. The molecule has 1 rings (SSSR count). The first-order valence-electron chi connectivity index (χ1n) is 5.87. The number of nitrogens with zero attached hydrogens (tertiary/aromatic N) is 2. The van der Waals surface area contributed by atoms with Gasteiger partial charge < -0.3 is 15.5 Å². The lowest BCUT2D eigenvalue weighted by molar-refractivity contribution is -0.143. The maximum Gasteiger partial charge on any atom is 0.305 e. The van der Waals surface area contributed by atoms with Crippen molar-refractivity contribution in [3.63, 3.8) is 0 Å². The number of anilines is 2. The van der Waals surface area contributed by atoms with Crippen LogP contribution in [0.4, 0.5) is 11.6 Å². The molecule has 0 fully saturated rings. The Morgan fingerprint density at radius 1 is 1.44 bits per heavy atom. The van der Waals surface area contributed by atoms with E-state index in [-0.39, 0.29) is 5.97 Å². The number of aromatic nitrogens is 2. The second-order valence-electron chi connectivity index (χ2n) is 3.67. The van der Waals surface area contributed by atoms with Crippen LogP contribution in [0.1, 0.15) is 25.6 Å². The van der Waals surface area contributed by atoms with E-state index in [1.54, 1.807) is 19.9 Å². The number of nitrogens with one attached hydrogen (secondary N) is 2. The number of hydrogen-bond donors (Lipinski definition) is 3. The fourth-order valence-electron chi connectivity index (χ4n) is 1.41. The Bertz CT molecular complexity index is 397. The Morgan fingerprint density at radius 3 is 2.83 bits per heavy atom. The highest BCUT2D eigenvalue weighted by Crippen LogP contribution is 2.09. The van der Waals surface area contributed by atoms with E-state index >= 15 is 0 Å². The molecular weight excluding hydrogens is 234 g/mol. The third kappa shape index (κ3) is 4.96. The van der Waals surface area contributed by atoms with Gasteiger partial charge in [-0.25, -0.2) is 15.8 Å². The summed E-state index contributed by atoms with van der Waals surface area (Å²) in [6.45, 7) is 4.63. The first-order chi connectivity index (χ1) is 8.65. The number of carbonyl (C=O) groups excluding carboxylic acids is 1. The number of rotatable bonds is 7. The van der Waals surface area contributed by atoms with Gasteiger partial charge in [0.05, 0.1) is 6.61 Å². The highest BCUT2D eigenvalue weighted by Gasteiger charge is 2.02. The van der Waals surface area contributed by atoms with Crippen molar-refractivity contribution in [1.82, 2.24) is 9.97 Å². The number of hydrogen-bond acceptors (Lipinski definition) is 7. The molecule has 0 spiro atoms. The minimum absolute atomic E-state index is 0.178. The molecule has 0 aliphatic rings. The molecule has 18 heavy (non-hydrogen) atoms. The molecule has 7 heteroatoms. The van der Waals surface area contributed by atoms with Gasteiger partial charge in [0.1, 0.15) is 17.5 Å². The van der Waals surface area contributed by atoms with Gasteiger partial charge in [0.2, 0.25) is 0 Å². The van der Waals surface area contributed by atoms with Crippen molar-refractivity contribution in [3.05, 3.63) is 11.9 Å². The lowest BCUT2D eigenvalue weighted by atomic mass is 10.3. The SMILES string of the molecule is CCOC(=O)CCCNc1cc(NN)nc(C)n1. The lowest BCUT2D eigenvalue weighted by Gasteiger charge is -2.08. The largest absolute Gasteiger partial charge is 0.466 e. The summed E-state index contributed by atoms with van der Waals surface area (Å²) in [5, 5.41) is 3.10. The van der Waals surface area contributed by atoms with Gasteiger partial charge in [0.25, 0.3) is 0 Å². The van der Waals surface area contributed by atoms with E-state index in [1.807, 2.05) is 0 Å². The highest BCUT2D eigenvalue weighted by atomic mass is 16.5. The summed E-state index contributed by atoms with van der Waals surface area (Å²) in [5.41, 5.74) is 2.47. The van der Waals surface area contributed by atoms with Crippen molar-refractivity contribution in [2.45, 2.75) is 26.7 Å². The predicted molar refractivity (Wildman–Crippen MR) is 68.9 cm³/mol. The van der Waals surface area contributed by atoms with Gasteiger partial charge in [-0.1, -0.05) is 0 Å². The summed E-state index contributed by atoms with van der Waals surface area (Å²) in [5.74, 6) is 6.96. The molecule has 0 atom stereocenters. The van der Waals surface area contributed by atoms with Gasteiger partial charge in [0.15, 0.2) is 0 Å². The Morgan fingerprint density at radius 2 is 2.17 bits per heavy atom. The average molecular weight is 253 g/mol. The third-order valence-corrected chi connectivity index (χ3v) is 2.15. The summed E-state index contributed by atoms with van der Waals surface area (Å²) in [4.78, 5) is 19.4. The minimum atomic E-state index is -0.178. The number of carbonyl (C=O) groups is 1. The summed E-state index contributed by atoms with van der Waals surface area (Å²) in [6.07, 6.45) is 1.08. The van der Waals surface area contributed by atoms with Crippen molar-refractivity contribution in [2.75, 3.05) is 23.9 Å². The number of nitrogen functional groups attached to an aromatic ring is 1. The minimum Gasteiger partial charge on any atom is -0.466 e. The van der Waals surface area contributed by atoms with Crippen LogP contribution in [0.3, 0.4) is 0 Å². The molecular formula is C11H19N5O2. The molecule has 0 aromatic carbocycles. The van der Waals surface area contributed by atoms with Crippen LogP contribution >= 0.6 is 0 Å². The Kier molecular flexibility index (Phi) is 5.86. The number of ether oxygens (including phenoxy) is 1. The van der Waals surface area contributed by atoms with Crippen molar-refractivity contribution in [3.8, 4) is 0 Å². The van der Waals surface area contributed by atoms with Gasteiger partial charge in [-0.3, -0.25) is 4.79 Å². The molecule has 1 aromatic heterocycles.